The maximum absolute atomic E-state index is 11.8. The van der Waals surface area contributed by atoms with Gasteiger partial charge in [0.25, 0.3) is 0 Å². The van der Waals surface area contributed by atoms with Gasteiger partial charge < -0.3 is 4.74 Å². The summed E-state index contributed by atoms with van der Waals surface area (Å²) in [6.07, 6.45) is 0.379. The zero-order chi connectivity index (χ0) is 13.3. The third-order valence-corrected chi connectivity index (χ3v) is 4.44. The number of halogens is 1. The van der Waals surface area contributed by atoms with E-state index in [9.17, 15) is 4.79 Å². The number of alkyl halides is 1. The van der Waals surface area contributed by atoms with E-state index in [-0.39, 0.29) is 10.8 Å². The SMILES string of the molecule is O=C1C[C@H](Br)C(c2ccccc2)(c2ccccc2)O1. The first-order valence-electron chi connectivity index (χ1n) is 6.20. The molecule has 2 aromatic carbocycles. The van der Waals surface area contributed by atoms with E-state index in [0.717, 1.165) is 11.1 Å². The molecular formula is C16H13BrO2. The molecule has 0 N–H and O–H groups in total. The number of hydrogen-bond donors (Lipinski definition) is 0. The maximum atomic E-state index is 11.8. The summed E-state index contributed by atoms with van der Waals surface area (Å²) in [4.78, 5) is 11.7. The lowest BCUT2D eigenvalue weighted by Gasteiger charge is -2.32. The fraction of sp³-hybridized carbons (Fsp3) is 0.188. The van der Waals surface area contributed by atoms with Crippen LogP contribution in [0.2, 0.25) is 0 Å². The molecule has 0 radical (unpaired) electrons. The van der Waals surface area contributed by atoms with Gasteiger partial charge in [0.15, 0.2) is 5.60 Å². The number of esters is 1. The second kappa shape index (κ2) is 4.82. The normalized spacial score (nSPS) is 21.1. The molecule has 1 saturated heterocycles. The molecule has 1 fully saturated rings. The summed E-state index contributed by atoms with van der Waals surface area (Å²) in [6.45, 7) is 0. The molecule has 1 heterocycles. The molecule has 0 amide bonds. The Balaban J connectivity index is 2.20. The van der Waals surface area contributed by atoms with Crippen molar-refractivity contribution in [1.82, 2.24) is 0 Å². The predicted molar refractivity (Wildman–Crippen MR) is 77.1 cm³/mol. The summed E-state index contributed by atoms with van der Waals surface area (Å²) in [5.41, 5.74) is 1.27. The van der Waals surface area contributed by atoms with Crippen molar-refractivity contribution < 1.29 is 9.53 Å². The van der Waals surface area contributed by atoms with Crippen molar-refractivity contribution >= 4 is 21.9 Å². The number of carbonyl (C=O) groups is 1. The van der Waals surface area contributed by atoms with Crippen molar-refractivity contribution in [2.24, 2.45) is 0 Å². The van der Waals surface area contributed by atoms with Crippen molar-refractivity contribution in [2.75, 3.05) is 0 Å². The van der Waals surface area contributed by atoms with E-state index in [1.165, 1.54) is 0 Å². The Morgan fingerprint density at radius 1 is 0.947 bits per heavy atom. The molecule has 0 spiro atoms. The van der Waals surface area contributed by atoms with Crippen molar-refractivity contribution in [3.63, 3.8) is 0 Å². The number of benzene rings is 2. The number of cyclic esters (lactones) is 1. The van der Waals surface area contributed by atoms with Gasteiger partial charge in [-0.2, -0.15) is 0 Å². The Bertz CT molecular complexity index is 541. The van der Waals surface area contributed by atoms with Crippen LogP contribution in [0.25, 0.3) is 0 Å². The van der Waals surface area contributed by atoms with Crippen LogP contribution in [-0.2, 0) is 15.1 Å². The Morgan fingerprint density at radius 3 is 1.79 bits per heavy atom. The molecule has 19 heavy (non-hydrogen) atoms. The molecule has 2 nitrogen and oxygen atoms in total. The third kappa shape index (κ3) is 1.98. The highest BCUT2D eigenvalue weighted by atomic mass is 79.9. The summed E-state index contributed by atoms with van der Waals surface area (Å²) in [7, 11) is 0. The zero-order valence-corrected chi connectivity index (χ0v) is 11.8. The molecule has 1 aliphatic heterocycles. The molecule has 0 unspecified atom stereocenters. The highest BCUT2D eigenvalue weighted by Crippen LogP contribution is 2.46. The largest absolute Gasteiger partial charge is 0.448 e. The van der Waals surface area contributed by atoms with Crippen LogP contribution in [0.15, 0.2) is 60.7 Å². The lowest BCUT2D eigenvalue weighted by molar-refractivity contribution is -0.146. The van der Waals surface area contributed by atoms with Crippen LogP contribution in [0.1, 0.15) is 17.5 Å². The van der Waals surface area contributed by atoms with Crippen molar-refractivity contribution in [1.29, 1.82) is 0 Å². The first-order chi connectivity index (χ1) is 9.23. The van der Waals surface area contributed by atoms with Crippen LogP contribution >= 0.6 is 15.9 Å². The summed E-state index contributed by atoms with van der Waals surface area (Å²) in [5.74, 6) is -0.172. The van der Waals surface area contributed by atoms with Crippen LogP contribution in [-0.4, -0.2) is 10.8 Å². The minimum atomic E-state index is -0.723. The summed E-state index contributed by atoms with van der Waals surface area (Å²) in [6, 6.07) is 19.8. The molecule has 96 valence electrons. The van der Waals surface area contributed by atoms with Crippen LogP contribution < -0.4 is 0 Å². The highest BCUT2D eigenvalue weighted by molar-refractivity contribution is 9.09. The highest BCUT2D eigenvalue weighted by Gasteiger charge is 2.50. The third-order valence-electron chi connectivity index (χ3n) is 3.47. The number of ether oxygens (including phenoxy) is 1. The van der Waals surface area contributed by atoms with E-state index >= 15 is 0 Å². The quantitative estimate of drug-likeness (QED) is 0.624. The van der Waals surface area contributed by atoms with Crippen LogP contribution in [0.5, 0.6) is 0 Å². The van der Waals surface area contributed by atoms with Crippen molar-refractivity contribution in [2.45, 2.75) is 16.8 Å². The Labute approximate surface area is 120 Å². The van der Waals surface area contributed by atoms with Gasteiger partial charge in [0, 0.05) is 11.1 Å². The molecule has 3 heteroatoms. The van der Waals surface area contributed by atoms with E-state index in [2.05, 4.69) is 15.9 Å². The van der Waals surface area contributed by atoms with Gasteiger partial charge in [0.05, 0.1) is 11.2 Å². The average Bonchev–Trinajstić information content (AvgIpc) is 2.76. The van der Waals surface area contributed by atoms with Gasteiger partial charge in [0.2, 0.25) is 0 Å². The van der Waals surface area contributed by atoms with E-state index in [1.807, 2.05) is 60.7 Å². The summed E-state index contributed by atoms with van der Waals surface area (Å²) < 4.78 is 5.75. The first-order valence-corrected chi connectivity index (χ1v) is 7.12. The molecule has 2 aromatic rings. The predicted octanol–water partition coefficient (Wildman–Crippen LogP) is 3.64. The summed E-state index contributed by atoms with van der Waals surface area (Å²) in [5, 5.41) is 0. The Morgan fingerprint density at radius 2 is 1.42 bits per heavy atom. The molecule has 1 aliphatic rings. The zero-order valence-electron chi connectivity index (χ0n) is 10.3. The average molecular weight is 317 g/mol. The van der Waals surface area contributed by atoms with Crippen molar-refractivity contribution in [3.8, 4) is 0 Å². The van der Waals surface area contributed by atoms with E-state index < -0.39 is 5.60 Å². The van der Waals surface area contributed by atoms with Gasteiger partial charge in [-0.3, -0.25) is 4.79 Å². The van der Waals surface area contributed by atoms with E-state index in [1.54, 1.807) is 0 Å². The number of rotatable bonds is 2. The Kier molecular flexibility index (Phi) is 3.15. The van der Waals surface area contributed by atoms with Gasteiger partial charge in [-0.25, -0.2) is 0 Å². The van der Waals surface area contributed by atoms with E-state index in [4.69, 9.17) is 4.74 Å². The fourth-order valence-electron chi connectivity index (χ4n) is 2.59. The smallest absolute Gasteiger partial charge is 0.308 e. The molecule has 0 aliphatic carbocycles. The molecule has 0 bridgehead atoms. The van der Waals surface area contributed by atoms with Gasteiger partial charge in [-0.05, 0) is 0 Å². The van der Waals surface area contributed by atoms with Crippen LogP contribution in [0.3, 0.4) is 0 Å². The molecular weight excluding hydrogens is 304 g/mol. The molecule has 0 saturated carbocycles. The second-order valence-electron chi connectivity index (χ2n) is 4.61. The van der Waals surface area contributed by atoms with Gasteiger partial charge in [0.1, 0.15) is 0 Å². The minimum Gasteiger partial charge on any atom is -0.448 e. The lowest BCUT2D eigenvalue weighted by atomic mass is 9.84. The molecule has 0 aromatic heterocycles. The lowest BCUT2D eigenvalue weighted by Crippen LogP contribution is -2.34. The van der Waals surface area contributed by atoms with Crippen molar-refractivity contribution in [3.05, 3.63) is 71.8 Å². The standard InChI is InChI=1S/C16H13BrO2/c17-14-11-15(18)19-16(14,12-7-3-1-4-8-12)13-9-5-2-6-10-13/h1-10,14H,11H2/t14-/m0/s1. The Hall–Kier alpha value is -1.61. The number of carbonyl (C=O) groups excluding carboxylic acids is 1. The second-order valence-corrected chi connectivity index (χ2v) is 5.72. The molecule has 1 atom stereocenters. The summed E-state index contributed by atoms with van der Waals surface area (Å²) >= 11 is 3.63. The topological polar surface area (TPSA) is 26.3 Å². The van der Waals surface area contributed by atoms with Crippen LogP contribution in [0, 0.1) is 0 Å². The monoisotopic (exact) mass is 316 g/mol. The molecule has 3 rings (SSSR count). The first kappa shape index (κ1) is 12.4. The van der Waals surface area contributed by atoms with Gasteiger partial charge >= 0.3 is 5.97 Å². The van der Waals surface area contributed by atoms with Crippen LogP contribution in [0.4, 0.5) is 0 Å². The van der Waals surface area contributed by atoms with Gasteiger partial charge in [-0.1, -0.05) is 76.6 Å². The fourth-order valence-corrected chi connectivity index (χ4v) is 3.48. The number of hydrogen-bond acceptors (Lipinski definition) is 2. The maximum Gasteiger partial charge on any atom is 0.308 e. The van der Waals surface area contributed by atoms with Gasteiger partial charge in [-0.15, -0.1) is 0 Å². The minimum absolute atomic E-state index is 0.0581. The van der Waals surface area contributed by atoms with E-state index in [0.29, 0.717) is 6.42 Å².